The maximum Gasteiger partial charge on any atom is 0.336 e. The van der Waals surface area contributed by atoms with Crippen LogP contribution in [-0.4, -0.2) is 17.1 Å². The second kappa shape index (κ2) is 5.95. The van der Waals surface area contributed by atoms with E-state index in [0.717, 1.165) is 11.6 Å². The number of aromatic carboxylic acids is 1. The van der Waals surface area contributed by atoms with Gasteiger partial charge in [-0.2, -0.15) is 0 Å². The molecule has 1 aliphatic carbocycles. The number of hydrogen-bond donors (Lipinski definition) is 2. The molecule has 3 atom stereocenters. The van der Waals surface area contributed by atoms with Gasteiger partial charge in [0.25, 0.3) is 0 Å². The van der Waals surface area contributed by atoms with E-state index in [4.69, 9.17) is 5.11 Å². The molecule has 3 unspecified atom stereocenters. The highest BCUT2D eigenvalue weighted by molar-refractivity contribution is 9.10. The summed E-state index contributed by atoms with van der Waals surface area (Å²) in [6.07, 6.45) is 3.75. The molecular formula is C15H20BrNO2. The Kier molecular flexibility index (Phi) is 4.50. The Balaban J connectivity index is 2.11. The third-order valence-corrected chi connectivity index (χ3v) is 4.91. The van der Waals surface area contributed by atoms with Crippen LogP contribution in [0.1, 0.15) is 43.5 Å². The lowest BCUT2D eigenvalue weighted by Crippen LogP contribution is -2.35. The zero-order valence-corrected chi connectivity index (χ0v) is 12.9. The van der Waals surface area contributed by atoms with Crippen molar-refractivity contribution in [1.29, 1.82) is 0 Å². The fraction of sp³-hybridized carbons (Fsp3) is 0.533. The lowest BCUT2D eigenvalue weighted by Gasteiger charge is -2.35. The van der Waals surface area contributed by atoms with Gasteiger partial charge in [0, 0.05) is 16.2 Å². The number of carboxylic acid groups (broad SMARTS) is 1. The lowest BCUT2D eigenvalue weighted by atomic mass is 9.78. The van der Waals surface area contributed by atoms with Gasteiger partial charge in [-0.1, -0.05) is 26.7 Å². The molecule has 2 N–H and O–H groups in total. The van der Waals surface area contributed by atoms with Crippen molar-refractivity contribution >= 4 is 27.6 Å². The van der Waals surface area contributed by atoms with Gasteiger partial charge in [-0.3, -0.25) is 0 Å². The van der Waals surface area contributed by atoms with E-state index >= 15 is 0 Å². The van der Waals surface area contributed by atoms with Crippen LogP contribution >= 0.6 is 15.9 Å². The number of carbonyl (C=O) groups is 1. The van der Waals surface area contributed by atoms with E-state index < -0.39 is 5.97 Å². The molecule has 0 saturated heterocycles. The van der Waals surface area contributed by atoms with Crippen LogP contribution in [0, 0.1) is 11.8 Å². The van der Waals surface area contributed by atoms with Gasteiger partial charge < -0.3 is 10.4 Å². The van der Waals surface area contributed by atoms with E-state index in [2.05, 4.69) is 35.1 Å². The number of benzene rings is 1. The highest BCUT2D eigenvalue weighted by Gasteiger charge is 2.26. The minimum Gasteiger partial charge on any atom is -0.478 e. The van der Waals surface area contributed by atoms with E-state index in [1.165, 1.54) is 19.3 Å². The SMILES string of the molecule is CC1CCCC(Nc2ccc(C(=O)O)c(Br)c2)C1C. The second-order valence-electron chi connectivity index (χ2n) is 5.52. The lowest BCUT2D eigenvalue weighted by molar-refractivity contribution is 0.0696. The smallest absolute Gasteiger partial charge is 0.336 e. The summed E-state index contributed by atoms with van der Waals surface area (Å²) >= 11 is 3.32. The molecule has 4 heteroatoms. The normalized spacial score (nSPS) is 27.0. The van der Waals surface area contributed by atoms with Crippen molar-refractivity contribution < 1.29 is 9.90 Å². The first-order valence-electron chi connectivity index (χ1n) is 6.78. The maximum absolute atomic E-state index is 11.0. The zero-order chi connectivity index (χ0) is 14.0. The quantitative estimate of drug-likeness (QED) is 0.866. The van der Waals surface area contributed by atoms with E-state index in [1.807, 2.05) is 12.1 Å². The van der Waals surface area contributed by atoms with Gasteiger partial charge in [0.1, 0.15) is 0 Å². The zero-order valence-electron chi connectivity index (χ0n) is 11.3. The van der Waals surface area contributed by atoms with Crippen molar-refractivity contribution in [3.63, 3.8) is 0 Å². The molecule has 1 aliphatic rings. The molecule has 1 aromatic carbocycles. The topological polar surface area (TPSA) is 49.3 Å². The second-order valence-corrected chi connectivity index (χ2v) is 6.37. The minimum absolute atomic E-state index is 0.301. The summed E-state index contributed by atoms with van der Waals surface area (Å²) in [6.45, 7) is 4.60. The molecule has 0 bridgehead atoms. The first-order chi connectivity index (χ1) is 8.99. The molecule has 3 nitrogen and oxygen atoms in total. The summed E-state index contributed by atoms with van der Waals surface area (Å²) in [7, 11) is 0. The Labute approximate surface area is 122 Å². The minimum atomic E-state index is -0.905. The van der Waals surface area contributed by atoms with Crippen LogP contribution in [0.25, 0.3) is 0 Å². The van der Waals surface area contributed by atoms with Crippen LogP contribution in [-0.2, 0) is 0 Å². The van der Waals surface area contributed by atoms with Gasteiger partial charge in [0.15, 0.2) is 0 Å². The number of halogens is 1. The Morgan fingerprint density at radius 2 is 2.11 bits per heavy atom. The monoisotopic (exact) mass is 325 g/mol. The van der Waals surface area contributed by atoms with Gasteiger partial charge in [0.05, 0.1) is 5.56 Å². The summed E-state index contributed by atoms with van der Waals surface area (Å²) in [4.78, 5) is 11.0. The summed E-state index contributed by atoms with van der Waals surface area (Å²) < 4.78 is 0.626. The van der Waals surface area contributed by atoms with Crippen molar-refractivity contribution in [3.05, 3.63) is 28.2 Å². The highest BCUT2D eigenvalue weighted by Crippen LogP contribution is 2.32. The molecule has 0 aromatic heterocycles. The number of anilines is 1. The molecular weight excluding hydrogens is 306 g/mol. The third-order valence-electron chi connectivity index (χ3n) is 4.26. The van der Waals surface area contributed by atoms with E-state index in [0.29, 0.717) is 22.0 Å². The molecule has 104 valence electrons. The number of rotatable bonds is 3. The summed E-state index contributed by atoms with van der Waals surface area (Å²) in [5, 5.41) is 12.5. The summed E-state index contributed by atoms with van der Waals surface area (Å²) in [6, 6.07) is 5.83. The molecule has 19 heavy (non-hydrogen) atoms. The van der Waals surface area contributed by atoms with Crippen LogP contribution in [0.3, 0.4) is 0 Å². The average Bonchev–Trinajstić information content (AvgIpc) is 2.34. The average molecular weight is 326 g/mol. The molecule has 2 rings (SSSR count). The first kappa shape index (κ1) is 14.4. The van der Waals surface area contributed by atoms with Crippen molar-refractivity contribution in [2.45, 2.75) is 39.2 Å². The van der Waals surface area contributed by atoms with Crippen molar-refractivity contribution in [2.75, 3.05) is 5.32 Å². The largest absolute Gasteiger partial charge is 0.478 e. The third kappa shape index (κ3) is 3.30. The van der Waals surface area contributed by atoms with Crippen LogP contribution in [0.15, 0.2) is 22.7 Å². The molecule has 0 amide bonds. The standard InChI is InChI=1S/C15H20BrNO2/c1-9-4-3-5-14(10(9)2)17-11-6-7-12(15(18)19)13(16)8-11/h6-10,14,17H,3-5H2,1-2H3,(H,18,19). The molecule has 1 saturated carbocycles. The van der Waals surface area contributed by atoms with Crippen molar-refractivity contribution in [1.82, 2.24) is 0 Å². The number of carboxylic acids is 1. The Morgan fingerprint density at radius 1 is 1.37 bits per heavy atom. The fourth-order valence-corrected chi connectivity index (χ4v) is 3.33. The molecule has 0 aliphatic heterocycles. The fourth-order valence-electron chi connectivity index (χ4n) is 2.78. The predicted octanol–water partition coefficient (Wildman–Crippen LogP) is 4.38. The Morgan fingerprint density at radius 3 is 2.74 bits per heavy atom. The van der Waals surface area contributed by atoms with Crippen LogP contribution < -0.4 is 5.32 Å². The number of hydrogen-bond acceptors (Lipinski definition) is 2. The molecule has 0 radical (unpaired) electrons. The highest BCUT2D eigenvalue weighted by atomic mass is 79.9. The Hall–Kier alpha value is -1.03. The predicted molar refractivity (Wildman–Crippen MR) is 80.7 cm³/mol. The van der Waals surface area contributed by atoms with Crippen molar-refractivity contribution in [3.8, 4) is 0 Å². The Bertz CT molecular complexity index is 475. The van der Waals surface area contributed by atoms with Gasteiger partial charge in [-0.25, -0.2) is 4.79 Å². The summed E-state index contributed by atoms with van der Waals surface area (Å²) in [5.74, 6) is 0.484. The van der Waals surface area contributed by atoms with E-state index in [9.17, 15) is 4.79 Å². The van der Waals surface area contributed by atoms with E-state index in [1.54, 1.807) is 6.07 Å². The van der Waals surface area contributed by atoms with Crippen LogP contribution in [0.5, 0.6) is 0 Å². The number of nitrogens with one attached hydrogen (secondary N) is 1. The summed E-state index contributed by atoms with van der Waals surface area (Å²) in [5.41, 5.74) is 1.29. The van der Waals surface area contributed by atoms with Crippen LogP contribution in [0.4, 0.5) is 5.69 Å². The van der Waals surface area contributed by atoms with Gasteiger partial charge in [-0.05, 0) is 52.4 Å². The molecule has 0 spiro atoms. The molecule has 1 aromatic rings. The van der Waals surface area contributed by atoms with Crippen molar-refractivity contribution in [2.24, 2.45) is 11.8 Å². The first-order valence-corrected chi connectivity index (χ1v) is 7.57. The molecule has 1 fully saturated rings. The van der Waals surface area contributed by atoms with Crippen LogP contribution in [0.2, 0.25) is 0 Å². The van der Waals surface area contributed by atoms with E-state index in [-0.39, 0.29) is 0 Å². The molecule has 0 heterocycles. The maximum atomic E-state index is 11.0. The van der Waals surface area contributed by atoms with Gasteiger partial charge in [0.2, 0.25) is 0 Å². The van der Waals surface area contributed by atoms with Gasteiger partial charge >= 0.3 is 5.97 Å². The van der Waals surface area contributed by atoms with Gasteiger partial charge in [-0.15, -0.1) is 0 Å².